The van der Waals surface area contributed by atoms with Crippen molar-refractivity contribution in [2.45, 2.75) is 12.8 Å². The summed E-state index contributed by atoms with van der Waals surface area (Å²) in [4.78, 5) is 12.3. The van der Waals surface area contributed by atoms with Crippen molar-refractivity contribution in [1.29, 1.82) is 0 Å². The third-order valence-corrected chi connectivity index (χ3v) is 3.87. The van der Waals surface area contributed by atoms with Crippen molar-refractivity contribution >= 4 is 5.91 Å². The number of hydrogen-bond acceptors (Lipinski definition) is 1. The van der Waals surface area contributed by atoms with Crippen LogP contribution in [0.3, 0.4) is 0 Å². The first-order valence-electron chi connectivity index (χ1n) is 3.74. The molecule has 0 bridgehead atoms. The third-order valence-electron chi connectivity index (χ3n) is 1.59. The molecule has 0 aromatic heterocycles. The SMILES string of the molecule is CC[I-]CC(=O)N1CC(F)(F)C1. The molecule has 1 amide bonds. The summed E-state index contributed by atoms with van der Waals surface area (Å²) in [6.07, 6.45) is 0. The Bertz CT molecular complexity index is 178. The zero-order chi connectivity index (χ0) is 9.19. The monoisotopic (exact) mass is 290 g/mol. The van der Waals surface area contributed by atoms with Gasteiger partial charge in [0, 0.05) is 0 Å². The van der Waals surface area contributed by atoms with Gasteiger partial charge in [-0.3, -0.25) is 0 Å². The van der Waals surface area contributed by atoms with E-state index in [-0.39, 0.29) is 40.2 Å². The molecule has 1 aliphatic rings. The number of halogens is 3. The Morgan fingerprint density at radius 3 is 2.58 bits per heavy atom. The first-order valence-corrected chi connectivity index (χ1v) is 6.79. The Labute approximate surface area is 80.6 Å². The molecule has 0 aromatic rings. The van der Waals surface area contributed by atoms with Crippen LogP contribution in [0.2, 0.25) is 0 Å². The van der Waals surface area contributed by atoms with E-state index in [1.54, 1.807) is 0 Å². The van der Waals surface area contributed by atoms with Gasteiger partial charge in [0.15, 0.2) is 0 Å². The third kappa shape index (κ3) is 2.53. The van der Waals surface area contributed by atoms with Crippen molar-refractivity contribution in [2.24, 2.45) is 0 Å². The van der Waals surface area contributed by atoms with Gasteiger partial charge in [0.1, 0.15) is 0 Å². The van der Waals surface area contributed by atoms with Crippen LogP contribution in [0.4, 0.5) is 8.78 Å². The number of likely N-dealkylation sites (tertiary alicyclic amines) is 1. The fourth-order valence-corrected chi connectivity index (χ4v) is 2.43. The van der Waals surface area contributed by atoms with Gasteiger partial charge < -0.3 is 0 Å². The molecule has 0 N–H and O–H groups in total. The van der Waals surface area contributed by atoms with Gasteiger partial charge in [-0.15, -0.1) is 0 Å². The van der Waals surface area contributed by atoms with Crippen LogP contribution in [0.15, 0.2) is 0 Å². The fraction of sp³-hybridized carbons (Fsp3) is 0.857. The average Bonchev–Trinajstić information content (AvgIpc) is 1.95. The predicted octanol–water partition coefficient (Wildman–Crippen LogP) is -2.43. The van der Waals surface area contributed by atoms with Crippen LogP contribution < -0.4 is 21.2 Å². The van der Waals surface area contributed by atoms with Gasteiger partial charge in [-0.05, 0) is 0 Å². The molecular weight excluding hydrogens is 279 g/mol. The van der Waals surface area contributed by atoms with Crippen LogP contribution in [0, 0.1) is 0 Å². The van der Waals surface area contributed by atoms with Crippen molar-refractivity contribution in [1.82, 2.24) is 4.90 Å². The standard InChI is InChI=1S/C7H11F2INO/c1-2-10-3-6(12)11-4-7(8,9)5-11/h2-5H2,1H3/q-1. The van der Waals surface area contributed by atoms with Gasteiger partial charge in [0.25, 0.3) is 0 Å². The second-order valence-corrected chi connectivity index (χ2v) is 6.06. The zero-order valence-corrected chi connectivity index (χ0v) is 8.98. The second-order valence-electron chi connectivity index (χ2n) is 2.70. The molecule has 0 aromatic carbocycles. The molecule has 1 heterocycles. The predicted molar refractivity (Wildman–Crippen MR) is 36.9 cm³/mol. The van der Waals surface area contributed by atoms with Crippen LogP contribution in [0.1, 0.15) is 6.92 Å². The molecular formula is C7H11F2INO-. The fourth-order valence-electron chi connectivity index (χ4n) is 0.948. The molecule has 12 heavy (non-hydrogen) atoms. The Hall–Kier alpha value is 0.0600. The Balaban J connectivity index is 2.19. The van der Waals surface area contributed by atoms with Crippen LogP contribution in [-0.4, -0.2) is 38.7 Å². The van der Waals surface area contributed by atoms with E-state index in [9.17, 15) is 13.6 Å². The van der Waals surface area contributed by atoms with E-state index >= 15 is 0 Å². The summed E-state index contributed by atoms with van der Waals surface area (Å²) in [7, 11) is 0. The Morgan fingerprint density at radius 1 is 1.58 bits per heavy atom. The molecule has 1 saturated heterocycles. The number of alkyl halides is 4. The van der Waals surface area contributed by atoms with E-state index in [1.165, 1.54) is 4.90 Å². The molecule has 1 aliphatic heterocycles. The molecule has 0 unspecified atom stereocenters. The van der Waals surface area contributed by atoms with Crippen molar-refractivity contribution < 1.29 is 34.8 Å². The van der Waals surface area contributed by atoms with Crippen LogP contribution in [-0.2, 0) is 4.79 Å². The van der Waals surface area contributed by atoms with Gasteiger partial charge in [0.05, 0.1) is 0 Å². The normalized spacial score (nSPS) is 20.8. The maximum absolute atomic E-state index is 12.3. The minimum absolute atomic E-state index is 0.0856. The number of amides is 1. The molecule has 0 aliphatic carbocycles. The topological polar surface area (TPSA) is 20.3 Å². The molecule has 2 nitrogen and oxygen atoms in total. The Morgan fingerprint density at radius 2 is 2.17 bits per heavy atom. The molecule has 0 spiro atoms. The summed E-state index contributed by atoms with van der Waals surface area (Å²) in [6, 6.07) is 0. The molecule has 5 heteroatoms. The van der Waals surface area contributed by atoms with E-state index in [0.717, 1.165) is 4.43 Å². The van der Waals surface area contributed by atoms with Gasteiger partial charge in [0.2, 0.25) is 0 Å². The van der Waals surface area contributed by atoms with Crippen molar-refractivity contribution in [3.05, 3.63) is 0 Å². The van der Waals surface area contributed by atoms with E-state index in [0.29, 0.717) is 4.43 Å². The van der Waals surface area contributed by atoms with E-state index in [4.69, 9.17) is 0 Å². The molecule has 1 fully saturated rings. The van der Waals surface area contributed by atoms with E-state index in [2.05, 4.69) is 0 Å². The summed E-state index contributed by atoms with van der Waals surface area (Å²) in [6.45, 7) is 1.30. The number of carbonyl (C=O) groups is 1. The van der Waals surface area contributed by atoms with E-state index < -0.39 is 5.92 Å². The summed E-state index contributed by atoms with van der Waals surface area (Å²) >= 11 is -0.0856. The summed E-state index contributed by atoms with van der Waals surface area (Å²) in [5, 5.41) is 0. The first-order chi connectivity index (χ1) is 5.55. The maximum atomic E-state index is 12.3. The second kappa shape index (κ2) is 3.85. The molecule has 0 radical (unpaired) electrons. The number of nitrogens with zero attached hydrogens (tertiary/aromatic N) is 1. The number of carbonyl (C=O) groups excluding carboxylic acids is 1. The van der Waals surface area contributed by atoms with Crippen molar-refractivity contribution in [3.63, 3.8) is 0 Å². The van der Waals surface area contributed by atoms with Gasteiger partial charge in [-0.25, -0.2) is 0 Å². The number of hydrogen-bond donors (Lipinski definition) is 0. The van der Waals surface area contributed by atoms with Gasteiger partial charge in [-0.1, -0.05) is 0 Å². The first kappa shape index (κ1) is 10.1. The average molecular weight is 290 g/mol. The molecule has 0 saturated carbocycles. The summed E-state index contributed by atoms with van der Waals surface area (Å²) in [5.74, 6) is -2.70. The molecule has 0 atom stereocenters. The van der Waals surface area contributed by atoms with Gasteiger partial charge in [-0.2, -0.15) is 0 Å². The summed E-state index contributed by atoms with van der Waals surface area (Å²) in [5.41, 5.74) is 0. The van der Waals surface area contributed by atoms with Crippen LogP contribution in [0.25, 0.3) is 0 Å². The Kier molecular flexibility index (Phi) is 3.25. The zero-order valence-electron chi connectivity index (χ0n) is 6.82. The number of rotatable bonds is 3. The van der Waals surface area contributed by atoms with E-state index in [1.807, 2.05) is 6.92 Å². The van der Waals surface area contributed by atoms with Crippen LogP contribution in [0.5, 0.6) is 0 Å². The minimum atomic E-state index is -2.61. The van der Waals surface area contributed by atoms with Gasteiger partial charge >= 0.3 is 80.4 Å². The van der Waals surface area contributed by atoms with Crippen molar-refractivity contribution in [3.8, 4) is 0 Å². The van der Waals surface area contributed by atoms with Crippen LogP contribution >= 0.6 is 0 Å². The molecule has 1 rings (SSSR count). The molecule has 72 valence electrons. The quantitative estimate of drug-likeness (QED) is 0.418. The summed E-state index contributed by atoms with van der Waals surface area (Å²) < 4.78 is 26.1. The van der Waals surface area contributed by atoms with Crippen molar-refractivity contribution in [2.75, 3.05) is 21.9 Å².